The highest BCUT2D eigenvalue weighted by atomic mass is 79.9. The molecule has 0 amide bonds. The lowest BCUT2D eigenvalue weighted by atomic mass is 10.1. The Kier molecular flexibility index (Phi) is 2.30. The first-order valence-corrected chi connectivity index (χ1v) is 6.15. The third-order valence-corrected chi connectivity index (χ3v) is 3.57. The summed E-state index contributed by atoms with van der Waals surface area (Å²) >= 11 is 3.44. The fourth-order valence-corrected chi connectivity index (χ4v) is 2.56. The maximum absolute atomic E-state index is 12.3. The van der Waals surface area contributed by atoms with E-state index in [1.165, 1.54) is 0 Å². The van der Waals surface area contributed by atoms with Crippen LogP contribution in [0.1, 0.15) is 0 Å². The average molecular weight is 288 g/mol. The summed E-state index contributed by atoms with van der Waals surface area (Å²) in [4.78, 5) is 12.3. The number of rotatable bonds is 0. The van der Waals surface area contributed by atoms with Crippen LogP contribution in [0.4, 0.5) is 0 Å². The van der Waals surface area contributed by atoms with Gasteiger partial charge in [-0.15, -0.1) is 0 Å². The van der Waals surface area contributed by atoms with Crippen molar-refractivity contribution in [2.45, 2.75) is 0 Å². The molecule has 3 heteroatoms. The van der Waals surface area contributed by atoms with E-state index in [0.29, 0.717) is 0 Å². The molecular weight excluding hydrogens is 278 g/mol. The van der Waals surface area contributed by atoms with Crippen LogP contribution in [-0.2, 0) is 7.05 Å². The topological polar surface area (TPSA) is 22.0 Å². The molecule has 0 unspecified atom stereocenters. The van der Waals surface area contributed by atoms with Crippen molar-refractivity contribution in [1.29, 1.82) is 0 Å². The number of pyridine rings is 1. The molecular formula is C14H10BrNO. The molecule has 3 aromatic rings. The van der Waals surface area contributed by atoms with E-state index in [1.54, 1.807) is 0 Å². The van der Waals surface area contributed by atoms with Crippen molar-refractivity contribution < 1.29 is 0 Å². The zero-order valence-electron chi connectivity index (χ0n) is 9.27. The molecule has 0 saturated heterocycles. The van der Waals surface area contributed by atoms with Crippen molar-refractivity contribution >= 4 is 37.7 Å². The molecule has 0 aliphatic rings. The molecule has 84 valence electrons. The van der Waals surface area contributed by atoms with Crippen LogP contribution in [0.25, 0.3) is 21.8 Å². The lowest BCUT2D eigenvalue weighted by Gasteiger charge is -2.10. The Morgan fingerprint density at radius 1 is 1.00 bits per heavy atom. The van der Waals surface area contributed by atoms with E-state index >= 15 is 0 Å². The Bertz CT molecular complexity index is 789. The van der Waals surface area contributed by atoms with Gasteiger partial charge in [-0.25, -0.2) is 0 Å². The van der Waals surface area contributed by atoms with Gasteiger partial charge in [0.15, 0.2) is 5.43 Å². The summed E-state index contributed by atoms with van der Waals surface area (Å²) in [6.45, 7) is 0. The van der Waals surface area contributed by atoms with Crippen molar-refractivity contribution in [1.82, 2.24) is 4.57 Å². The van der Waals surface area contributed by atoms with Crippen LogP contribution in [0.3, 0.4) is 0 Å². The third kappa shape index (κ3) is 1.50. The molecule has 0 radical (unpaired) electrons. The summed E-state index contributed by atoms with van der Waals surface area (Å²) in [5.41, 5.74) is 2.01. The van der Waals surface area contributed by atoms with Gasteiger partial charge in [0.25, 0.3) is 0 Å². The number of hydrogen-bond acceptors (Lipinski definition) is 1. The second-order valence-corrected chi connectivity index (χ2v) is 4.98. The Morgan fingerprint density at radius 3 is 2.53 bits per heavy atom. The zero-order chi connectivity index (χ0) is 12.0. The third-order valence-electron chi connectivity index (χ3n) is 3.08. The second-order valence-electron chi connectivity index (χ2n) is 4.07. The molecule has 0 N–H and O–H groups in total. The molecule has 17 heavy (non-hydrogen) atoms. The first kappa shape index (κ1) is 10.5. The highest BCUT2D eigenvalue weighted by molar-refractivity contribution is 9.10. The van der Waals surface area contributed by atoms with Gasteiger partial charge >= 0.3 is 0 Å². The van der Waals surface area contributed by atoms with Crippen LogP contribution in [0.5, 0.6) is 0 Å². The minimum absolute atomic E-state index is 0.0983. The molecule has 0 aliphatic heterocycles. The van der Waals surface area contributed by atoms with Crippen LogP contribution in [0.2, 0.25) is 0 Å². The first-order valence-electron chi connectivity index (χ1n) is 5.35. The first-order chi connectivity index (χ1) is 8.18. The zero-order valence-corrected chi connectivity index (χ0v) is 10.9. The van der Waals surface area contributed by atoms with E-state index in [0.717, 1.165) is 26.3 Å². The van der Waals surface area contributed by atoms with Gasteiger partial charge in [-0.1, -0.05) is 28.1 Å². The van der Waals surface area contributed by atoms with Crippen LogP contribution < -0.4 is 5.43 Å². The maximum atomic E-state index is 12.3. The standard InChI is InChI=1S/C14H10BrNO/c1-16-12-5-3-2-4-10(12)14(17)11-7-6-9(15)8-13(11)16/h2-8H,1H3. The van der Waals surface area contributed by atoms with Crippen LogP contribution in [-0.4, -0.2) is 4.57 Å². The quantitative estimate of drug-likeness (QED) is 0.581. The minimum atomic E-state index is 0.0983. The van der Waals surface area contributed by atoms with Crippen molar-refractivity contribution in [3.63, 3.8) is 0 Å². The minimum Gasteiger partial charge on any atom is -0.343 e. The number of nitrogens with zero attached hydrogens (tertiary/aromatic N) is 1. The van der Waals surface area contributed by atoms with Gasteiger partial charge < -0.3 is 4.57 Å². The number of hydrogen-bond donors (Lipinski definition) is 0. The van der Waals surface area contributed by atoms with Crippen molar-refractivity contribution in [3.05, 3.63) is 57.2 Å². The molecule has 0 saturated carbocycles. The highest BCUT2D eigenvalue weighted by Gasteiger charge is 2.07. The largest absolute Gasteiger partial charge is 0.343 e. The Morgan fingerprint density at radius 2 is 1.71 bits per heavy atom. The lowest BCUT2D eigenvalue weighted by Crippen LogP contribution is -2.08. The number of halogens is 1. The predicted molar refractivity (Wildman–Crippen MR) is 74.4 cm³/mol. The van der Waals surface area contributed by atoms with E-state index in [2.05, 4.69) is 20.5 Å². The summed E-state index contributed by atoms with van der Waals surface area (Å²) in [5.74, 6) is 0. The van der Waals surface area contributed by atoms with Gasteiger partial charge in [0.05, 0.1) is 11.0 Å². The Labute approximate surface area is 107 Å². The average Bonchev–Trinajstić information content (AvgIpc) is 2.36. The lowest BCUT2D eigenvalue weighted by molar-refractivity contribution is 1.00. The van der Waals surface area contributed by atoms with E-state index in [1.807, 2.05) is 49.5 Å². The van der Waals surface area contributed by atoms with E-state index < -0.39 is 0 Å². The number of aryl methyl sites for hydroxylation is 1. The van der Waals surface area contributed by atoms with Gasteiger partial charge in [0.2, 0.25) is 0 Å². The van der Waals surface area contributed by atoms with Crippen molar-refractivity contribution in [3.8, 4) is 0 Å². The van der Waals surface area contributed by atoms with Gasteiger partial charge in [0.1, 0.15) is 0 Å². The number of benzene rings is 2. The Hall–Kier alpha value is -1.61. The van der Waals surface area contributed by atoms with Crippen molar-refractivity contribution in [2.75, 3.05) is 0 Å². The molecule has 3 rings (SSSR count). The molecule has 0 atom stereocenters. The number of para-hydroxylation sites is 1. The molecule has 1 heterocycles. The van der Waals surface area contributed by atoms with Crippen LogP contribution >= 0.6 is 15.9 Å². The molecule has 0 bridgehead atoms. The normalized spacial score (nSPS) is 11.2. The molecule has 0 aliphatic carbocycles. The summed E-state index contributed by atoms with van der Waals surface area (Å²) in [5, 5.41) is 1.53. The fourth-order valence-electron chi connectivity index (χ4n) is 2.21. The highest BCUT2D eigenvalue weighted by Crippen LogP contribution is 2.21. The van der Waals surface area contributed by atoms with Gasteiger partial charge in [-0.2, -0.15) is 0 Å². The molecule has 0 spiro atoms. The van der Waals surface area contributed by atoms with E-state index in [-0.39, 0.29) is 5.43 Å². The summed E-state index contributed by atoms with van der Waals surface area (Å²) in [6, 6.07) is 13.4. The van der Waals surface area contributed by atoms with E-state index in [4.69, 9.17) is 0 Å². The molecule has 2 aromatic carbocycles. The van der Waals surface area contributed by atoms with Gasteiger partial charge in [-0.3, -0.25) is 4.79 Å². The molecule has 1 aromatic heterocycles. The number of aromatic nitrogens is 1. The van der Waals surface area contributed by atoms with Gasteiger partial charge in [0, 0.05) is 22.3 Å². The summed E-state index contributed by atoms with van der Waals surface area (Å²) in [6.07, 6.45) is 0. The fraction of sp³-hybridized carbons (Fsp3) is 0.0714. The molecule has 2 nitrogen and oxygen atoms in total. The predicted octanol–water partition coefficient (Wildman–Crippen LogP) is 3.45. The maximum Gasteiger partial charge on any atom is 0.197 e. The van der Waals surface area contributed by atoms with Crippen molar-refractivity contribution in [2.24, 2.45) is 7.05 Å². The summed E-state index contributed by atoms with van der Waals surface area (Å²) in [7, 11) is 1.98. The monoisotopic (exact) mass is 287 g/mol. The van der Waals surface area contributed by atoms with Gasteiger partial charge in [-0.05, 0) is 30.3 Å². The smallest absolute Gasteiger partial charge is 0.197 e. The van der Waals surface area contributed by atoms with Crippen LogP contribution in [0.15, 0.2) is 51.7 Å². The van der Waals surface area contributed by atoms with E-state index in [9.17, 15) is 4.79 Å². The number of fused-ring (bicyclic) bond motifs is 2. The second kappa shape index (κ2) is 3.70. The SMILES string of the molecule is Cn1c2ccccc2c(=O)c2ccc(Br)cc21. The van der Waals surface area contributed by atoms with Crippen LogP contribution in [0, 0.1) is 0 Å². The summed E-state index contributed by atoms with van der Waals surface area (Å²) < 4.78 is 3.03. The Balaban J connectivity index is 2.68. The molecule has 0 fully saturated rings.